The van der Waals surface area contributed by atoms with Crippen molar-refractivity contribution in [1.29, 1.82) is 0 Å². The minimum atomic E-state index is -3.20. The lowest BCUT2D eigenvalue weighted by molar-refractivity contribution is 0.0309. The van der Waals surface area contributed by atoms with E-state index in [1.807, 2.05) is 6.07 Å². The van der Waals surface area contributed by atoms with Gasteiger partial charge >= 0.3 is 0 Å². The van der Waals surface area contributed by atoms with Crippen LogP contribution in [-0.4, -0.2) is 14.2 Å². The molecule has 1 aromatic rings. The maximum atomic E-state index is 12.7. The fourth-order valence-corrected chi connectivity index (χ4v) is 5.91. The third-order valence-corrected chi connectivity index (χ3v) is 6.78. The Bertz CT molecular complexity index is 540. The van der Waals surface area contributed by atoms with Crippen molar-refractivity contribution >= 4 is 9.84 Å². The molecule has 0 aromatic heterocycles. The van der Waals surface area contributed by atoms with E-state index in [0.717, 1.165) is 12.8 Å². The zero-order valence-corrected chi connectivity index (χ0v) is 13.8. The molecule has 2 nitrogen and oxygen atoms in total. The van der Waals surface area contributed by atoms with E-state index in [0.29, 0.717) is 4.90 Å². The molecule has 2 rings (SSSR count). The quantitative estimate of drug-likeness (QED) is 0.832. The topological polar surface area (TPSA) is 34.1 Å². The molecule has 0 saturated heterocycles. The van der Waals surface area contributed by atoms with Crippen LogP contribution in [0.2, 0.25) is 0 Å². The van der Waals surface area contributed by atoms with Crippen LogP contribution in [0.1, 0.15) is 47.0 Å². The Morgan fingerprint density at radius 1 is 1.00 bits per heavy atom. The van der Waals surface area contributed by atoms with Crippen LogP contribution in [0, 0.1) is 16.7 Å². The fourth-order valence-electron chi connectivity index (χ4n) is 3.80. The van der Waals surface area contributed by atoms with Gasteiger partial charge in [0, 0.05) is 0 Å². The minimum Gasteiger partial charge on any atom is -0.224 e. The highest BCUT2D eigenvalue weighted by atomic mass is 32.2. The lowest BCUT2D eigenvalue weighted by Crippen LogP contribution is -2.44. The Hall–Kier alpha value is -0.830. The van der Waals surface area contributed by atoms with E-state index < -0.39 is 9.84 Å². The predicted molar refractivity (Wildman–Crippen MR) is 83.4 cm³/mol. The van der Waals surface area contributed by atoms with E-state index in [2.05, 4.69) is 27.7 Å². The van der Waals surface area contributed by atoms with Crippen LogP contribution in [0.5, 0.6) is 0 Å². The fraction of sp³-hybridized carbons (Fsp3) is 0.647. The van der Waals surface area contributed by atoms with Crippen LogP contribution < -0.4 is 0 Å². The number of sulfone groups is 1. The van der Waals surface area contributed by atoms with Crippen LogP contribution in [0.15, 0.2) is 35.2 Å². The van der Waals surface area contributed by atoms with Gasteiger partial charge in [-0.25, -0.2) is 8.42 Å². The summed E-state index contributed by atoms with van der Waals surface area (Å²) in [6.45, 7) is 8.89. The molecule has 1 fully saturated rings. The number of rotatable bonds is 3. The van der Waals surface area contributed by atoms with Crippen molar-refractivity contribution in [2.45, 2.75) is 51.9 Å². The van der Waals surface area contributed by atoms with E-state index in [4.69, 9.17) is 0 Å². The molecule has 0 N–H and O–H groups in total. The van der Waals surface area contributed by atoms with Gasteiger partial charge in [0.25, 0.3) is 0 Å². The molecule has 0 amide bonds. The van der Waals surface area contributed by atoms with E-state index in [1.165, 1.54) is 6.42 Å². The first-order chi connectivity index (χ1) is 9.15. The van der Waals surface area contributed by atoms with Crippen LogP contribution >= 0.6 is 0 Å². The molecule has 3 heteroatoms. The van der Waals surface area contributed by atoms with Gasteiger partial charge in [-0.2, -0.15) is 0 Å². The minimum absolute atomic E-state index is 0.0869. The molecule has 1 saturated carbocycles. The third kappa shape index (κ3) is 3.08. The summed E-state index contributed by atoms with van der Waals surface area (Å²) in [6.07, 6.45) is 3.43. The molecule has 0 heterocycles. The number of benzene rings is 1. The van der Waals surface area contributed by atoms with Gasteiger partial charge in [-0.3, -0.25) is 0 Å². The maximum absolute atomic E-state index is 12.7. The largest absolute Gasteiger partial charge is 0.224 e. The molecule has 0 radical (unpaired) electrons. The van der Waals surface area contributed by atoms with Gasteiger partial charge < -0.3 is 0 Å². The Balaban J connectivity index is 2.32. The van der Waals surface area contributed by atoms with E-state index in [-0.39, 0.29) is 22.5 Å². The first-order valence-electron chi connectivity index (χ1n) is 7.43. The van der Waals surface area contributed by atoms with Crippen LogP contribution in [0.4, 0.5) is 0 Å². The molecule has 0 atom stereocenters. The predicted octanol–water partition coefficient (Wildman–Crippen LogP) is 4.31. The van der Waals surface area contributed by atoms with Crippen molar-refractivity contribution in [3.8, 4) is 0 Å². The highest BCUT2D eigenvalue weighted by Crippen LogP contribution is 2.51. The monoisotopic (exact) mass is 294 g/mol. The Morgan fingerprint density at radius 3 is 2.00 bits per heavy atom. The van der Waals surface area contributed by atoms with Gasteiger partial charge in [-0.05, 0) is 41.7 Å². The summed E-state index contributed by atoms with van der Waals surface area (Å²) in [4.78, 5) is 0.456. The van der Waals surface area contributed by atoms with Crippen molar-refractivity contribution in [2.24, 2.45) is 16.7 Å². The van der Waals surface area contributed by atoms with Crippen LogP contribution in [0.3, 0.4) is 0 Å². The summed E-state index contributed by atoms with van der Waals surface area (Å²) in [6, 6.07) is 8.86. The smallest absolute Gasteiger partial charge is 0.178 e. The first-order valence-corrected chi connectivity index (χ1v) is 9.08. The second-order valence-electron chi connectivity index (χ2n) is 7.48. The maximum Gasteiger partial charge on any atom is 0.178 e. The lowest BCUT2D eigenvalue weighted by atomic mass is 9.58. The zero-order chi connectivity index (χ0) is 15.0. The summed E-state index contributed by atoms with van der Waals surface area (Å²) < 4.78 is 25.4. The highest BCUT2D eigenvalue weighted by Gasteiger charge is 2.45. The average molecular weight is 294 g/mol. The molecular formula is C17H26O2S. The SMILES string of the molecule is CC1(C)CCCC(C)(C)C1CS(=O)(=O)c1ccccc1. The summed E-state index contributed by atoms with van der Waals surface area (Å²) in [5.41, 5.74) is 0.174. The summed E-state index contributed by atoms with van der Waals surface area (Å²) in [5, 5.41) is 0. The van der Waals surface area contributed by atoms with Crippen molar-refractivity contribution < 1.29 is 8.42 Å². The van der Waals surface area contributed by atoms with Crippen molar-refractivity contribution in [3.63, 3.8) is 0 Å². The van der Waals surface area contributed by atoms with E-state index >= 15 is 0 Å². The first kappa shape index (κ1) is 15.6. The molecule has 1 aliphatic rings. The van der Waals surface area contributed by atoms with Gasteiger partial charge in [0.05, 0.1) is 10.6 Å². The van der Waals surface area contributed by atoms with Crippen molar-refractivity contribution in [1.82, 2.24) is 0 Å². The third-order valence-electron chi connectivity index (χ3n) is 5.02. The number of hydrogen-bond donors (Lipinski definition) is 0. The van der Waals surface area contributed by atoms with Crippen molar-refractivity contribution in [3.05, 3.63) is 30.3 Å². The second-order valence-corrected chi connectivity index (χ2v) is 9.51. The van der Waals surface area contributed by atoms with Gasteiger partial charge in [-0.1, -0.05) is 52.3 Å². The van der Waals surface area contributed by atoms with Crippen LogP contribution in [-0.2, 0) is 9.84 Å². The Morgan fingerprint density at radius 2 is 1.50 bits per heavy atom. The normalized spacial score (nSPS) is 22.6. The Kier molecular flexibility index (Phi) is 4.03. The standard InChI is InChI=1S/C17H26O2S/c1-16(2)11-8-12-17(3,4)15(16)13-20(18,19)14-9-6-5-7-10-14/h5-7,9-10,15H,8,11-13H2,1-4H3. The average Bonchev–Trinajstić information content (AvgIpc) is 2.35. The van der Waals surface area contributed by atoms with Gasteiger partial charge in [0.1, 0.15) is 0 Å². The molecule has 20 heavy (non-hydrogen) atoms. The van der Waals surface area contributed by atoms with E-state index in [9.17, 15) is 8.42 Å². The molecule has 1 aromatic carbocycles. The summed E-state index contributed by atoms with van der Waals surface area (Å²) >= 11 is 0. The highest BCUT2D eigenvalue weighted by molar-refractivity contribution is 7.91. The molecule has 0 bridgehead atoms. The zero-order valence-electron chi connectivity index (χ0n) is 13.0. The molecular weight excluding hydrogens is 268 g/mol. The Labute approximate surface area is 123 Å². The van der Waals surface area contributed by atoms with Crippen LogP contribution in [0.25, 0.3) is 0 Å². The molecule has 112 valence electrons. The molecule has 0 spiro atoms. The van der Waals surface area contributed by atoms with Crippen molar-refractivity contribution in [2.75, 3.05) is 5.75 Å². The van der Waals surface area contributed by atoms with E-state index in [1.54, 1.807) is 24.3 Å². The summed E-state index contributed by atoms with van der Waals surface area (Å²) in [5.74, 6) is 0.464. The molecule has 1 aliphatic carbocycles. The lowest BCUT2D eigenvalue weighted by Gasteiger charge is -2.49. The summed E-state index contributed by atoms with van der Waals surface area (Å²) in [7, 11) is -3.20. The van der Waals surface area contributed by atoms with Gasteiger partial charge in [-0.15, -0.1) is 0 Å². The molecule has 0 unspecified atom stereocenters. The number of hydrogen-bond acceptors (Lipinski definition) is 2. The second kappa shape index (κ2) is 5.18. The molecule has 0 aliphatic heterocycles. The van der Waals surface area contributed by atoms with Gasteiger partial charge in [0.15, 0.2) is 9.84 Å². The van der Waals surface area contributed by atoms with Gasteiger partial charge in [0.2, 0.25) is 0 Å².